The van der Waals surface area contributed by atoms with Gasteiger partial charge in [-0.3, -0.25) is 4.98 Å². The largest absolute Gasteiger partial charge is 0.264 e. The van der Waals surface area contributed by atoms with Gasteiger partial charge in [0.05, 0.1) is 5.39 Å². The zero-order chi connectivity index (χ0) is 12.5. The zero-order valence-corrected chi connectivity index (χ0v) is 10.6. The summed E-state index contributed by atoms with van der Waals surface area (Å²) in [5.74, 6) is 0. The summed E-state index contributed by atoms with van der Waals surface area (Å²) in [5, 5.41) is 2.41. The second kappa shape index (κ2) is 4.22. The van der Waals surface area contributed by atoms with Gasteiger partial charge in [-0.15, -0.1) is 0 Å². The smallest absolute Gasteiger partial charge is 0.220 e. The van der Waals surface area contributed by atoms with Gasteiger partial charge in [0.15, 0.2) is 6.20 Å². The van der Waals surface area contributed by atoms with Gasteiger partial charge in [0.25, 0.3) is 0 Å². The lowest BCUT2D eigenvalue weighted by Crippen LogP contribution is -2.30. The summed E-state index contributed by atoms with van der Waals surface area (Å²) in [6, 6.07) is 12.7. The van der Waals surface area contributed by atoms with E-state index in [1.807, 2.05) is 12.4 Å². The Kier molecular flexibility index (Phi) is 2.56. The van der Waals surface area contributed by atoms with Gasteiger partial charge < -0.3 is 0 Å². The van der Waals surface area contributed by atoms with E-state index in [-0.39, 0.29) is 0 Å². The van der Waals surface area contributed by atoms with Crippen molar-refractivity contribution in [2.24, 2.45) is 7.05 Å². The van der Waals surface area contributed by atoms with Crippen molar-refractivity contribution >= 4 is 10.8 Å². The lowest BCUT2D eigenvalue weighted by molar-refractivity contribution is -0.659. The Morgan fingerprint density at radius 3 is 2.72 bits per heavy atom. The second-order valence-corrected chi connectivity index (χ2v) is 4.55. The molecule has 0 bridgehead atoms. The van der Waals surface area contributed by atoms with Crippen LogP contribution in [0.25, 0.3) is 22.0 Å². The Morgan fingerprint density at radius 2 is 1.89 bits per heavy atom. The molecule has 0 aliphatic rings. The van der Waals surface area contributed by atoms with Gasteiger partial charge in [-0.05, 0) is 24.6 Å². The molecular formula is C16H15N2+. The monoisotopic (exact) mass is 235 g/mol. The summed E-state index contributed by atoms with van der Waals surface area (Å²) in [5.41, 5.74) is 3.81. The molecule has 18 heavy (non-hydrogen) atoms. The highest BCUT2D eigenvalue weighted by Crippen LogP contribution is 2.26. The molecule has 1 aromatic carbocycles. The number of fused-ring (bicyclic) bond motifs is 1. The van der Waals surface area contributed by atoms with Crippen molar-refractivity contribution in [1.29, 1.82) is 0 Å². The molecule has 0 aliphatic carbocycles. The first kappa shape index (κ1) is 10.9. The van der Waals surface area contributed by atoms with Crippen LogP contribution in [0.1, 0.15) is 5.56 Å². The fraction of sp³-hybridized carbons (Fsp3) is 0.125. The van der Waals surface area contributed by atoms with Crippen molar-refractivity contribution in [3.8, 4) is 11.3 Å². The van der Waals surface area contributed by atoms with Gasteiger partial charge in [-0.1, -0.05) is 18.2 Å². The molecular weight excluding hydrogens is 220 g/mol. The third-order valence-corrected chi connectivity index (χ3v) is 3.34. The predicted molar refractivity (Wildman–Crippen MR) is 73.1 cm³/mol. The van der Waals surface area contributed by atoms with Crippen molar-refractivity contribution in [3.05, 3.63) is 60.6 Å². The average Bonchev–Trinajstić information content (AvgIpc) is 2.40. The first-order valence-electron chi connectivity index (χ1n) is 6.06. The summed E-state index contributed by atoms with van der Waals surface area (Å²) in [7, 11) is 2.08. The lowest BCUT2D eigenvalue weighted by atomic mass is 10.0. The van der Waals surface area contributed by atoms with E-state index in [1.54, 1.807) is 0 Å². The first-order valence-corrected chi connectivity index (χ1v) is 6.06. The van der Waals surface area contributed by atoms with E-state index >= 15 is 0 Å². The van der Waals surface area contributed by atoms with Crippen LogP contribution in [0.15, 0.2) is 55.0 Å². The normalized spacial score (nSPS) is 10.8. The number of nitrogens with zero attached hydrogens (tertiary/aromatic N) is 2. The number of rotatable bonds is 1. The Bertz CT molecular complexity index is 717. The van der Waals surface area contributed by atoms with E-state index in [1.165, 1.54) is 27.6 Å². The van der Waals surface area contributed by atoms with Gasteiger partial charge in [0.1, 0.15) is 7.05 Å². The van der Waals surface area contributed by atoms with E-state index in [0.717, 1.165) is 0 Å². The highest BCUT2D eigenvalue weighted by Gasteiger charge is 2.15. The van der Waals surface area contributed by atoms with Crippen LogP contribution in [0.2, 0.25) is 0 Å². The van der Waals surface area contributed by atoms with Gasteiger partial charge in [0.2, 0.25) is 5.69 Å². The van der Waals surface area contributed by atoms with Gasteiger partial charge in [0, 0.05) is 29.4 Å². The summed E-state index contributed by atoms with van der Waals surface area (Å²) in [6.45, 7) is 2.15. The van der Waals surface area contributed by atoms with Crippen molar-refractivity contribution in [1.82, 2.24) is 4.98 Å². The number of benzene rings is 1. The Hall–Kier alpha value is -2.22. The van der Waals surface area contributed by atoms with E-state index in [9.17, 15) is 0 Å². The SMILES string of the molecule is Cc1ccccc1-c1c2ccncc2cc[n+]1C. The minimum Gasteiger partial charge on any atom is -0.264 e. The van der Waals surface area contributed by atoms with Crippen LogP contribution < -0.4 is 4.57 Å². The standard InChI is InChI=1S/C16H15N2/c1-12-5-3-4-6-14(12)16-15-7-9-17-11-13(15)8-10-18(16)2/h3-11H,1-2H3/q+1. The number of aromatic nitrogens is 2. The van der Waals surface area contributed by atoms with Crippen LogP contribution in [-0.4, -0.2) is 4.98 Å². The quantitative estimate of drug-likeness (QED) is 0.592. The van der Waals surface area contributed by atoms with Crippen molar-refractivity contribution in [3.63, 3.8) is 0 Å². The molecule has 0 unspecified atom stereocenters. The highest BCUT2D eigenvalue weighted by molar-refractivity contribution is 5.92. The summed E-state index contributed by atoms with van der Waals surface area (Å²) in [4.78, 5) is 4.19. The third kappa shape index (κ3) is 1.66. The minimum atomic E-state index is 1.17. The molecule has 2 heteroatoms. The second-order valence-electron chi connectivity index (χ2n) is 4.55. The highest BCUT2D eigenvalue weighted by atomic mass is 14.9. The maximum Gasteiger partial charge on any atom is 0.220 e. The fourth-order valence-electron chi connectivity index (χ4n) is 2.39. The number of pyridine rings is 2. The molecule has 0 saturated carbocycles. The maximum atomic E-state index is 4.19. The molecule has 3 aromatic rings. The first-order chi connectivity index (χ1) is 8.77. The van der Waals surface area contributed by atoms with Crippen LogP contribution in [0, 0.1) is 6.92 Å². The molecule has 2 heterocycles. The van der Waals surface area contributed by atoms with E-state index in [0.29, 0.717) is 0 Å². The van der Waals surface area contributed by atoms with Gasteiger partial charge in [-0.2, -0.15) is 0 Å². The fourth-order valence-corrected chi connectivity index (χ4v) is 2.39. The summed E-state index contributed by atoms with van der Waals surface area (Å²) < 4.78 is 2.17. The van der Waals surface area contributed by atoms with Gasteiger partial charge in [-0.25, -0.2) is 4.57 Å². The van der Waals surface area contributed by atoms with Crippen LogP contribution in [0.3, 0.4) is 0 Å². The van der Waals surface area contributed by atoms with E-state index in [2.05, 4.69) is 66.1 Å². The molecule has 0 aliphatic heterocycles. The zero-order valence-electron chi connectivity index (χ0n) is 10.6. The molecule has 2 nitrogen and oxygen atoms in total. The van der Waals surface area contributed by atoms with Crippen LogP contribution in [-0.2, 0) is 7.05 Å². The number of hydrogen-bond donors (Lipinski definition) is 0. The van der Waals surface area contributed by atoms with E-state index < -0.39 is 0 Å². The van der Waals surface area contributed by atoms with Crippen molar-refractivity contribution in [2.45, 2.75) is 6.92 Å². The Balaban J connectivity index is 2.42. The Labute approximate surface area is 107 Å². The predicted octanol–water partition coefficient (Wildman–Crippen LogP) is 3.03. The van der Waals surface area contributed by atoms with Crippen molar-refractivity contribution in [2.75, 3.05) is 0 Å². The average molecular weight is 235 g/mol. The molecule has 0 atom stereocenters. The third-order valence-electron chi connectivity index (χ3n) is 3.34. The van der Waals surface area contributed by atoms with Crippen LogP contribution in [0.4, 0.5) is 0 Å². The van der Waals surface area contributed by atoms with Crippen LogP contribution in [0.5, 0.6) is 0 Å². The molecule has 0 N–H and O–H groups in total. The summed E-state index contributed by atoms with van der Waals surface area (Å²) >= 11 is 0. The van der Waals surface area contributed by atoms with Gasteiger partial charge >= 0.3 is 0 Å². The summed E-state index contributed by atoms with van der Waals surface area (Å²) in [6.07, 6.45) is 5.85. The molecule has 0 fully saturated rings. The molecule has 2 aromatic heterocycles. The molecule has 0 radical (unpaired) electrons. The minimum absolute atomic E-state index is 1.17. The number of hydrogen-bond acceptors (Lipinski definition) is 1. The molecule has 88 valence electrons. The molecule has 0 saturated heterocycles. The topological polar surface area (TPSA) is 16.8 Å². The molecule has 0 spiro atoms. The number of aryl methyl sites for hydroxylation is 2. The van der Waals surface area contributed by atoms with E-state index in [4.69, 9.17) is 0 Å². The van der Waals surface area contributed by atoms with Crippen molar-refractivity contribution < 1.29 is 4.57 Å². The molecule has 3 rings (SSSR count). The lowest BCUT2D eigenvalue weighted by Gasteiger charge is -2.07. The molecule has 0 amide bonds. The van der Waals surface area contributed by atoms with Crippen LogP contribution >= 0.6 is 0 Å². The maximum absolute atomic E-state index is 4.19. The Morgan fingerprint density at radius 1 is 1.06 bits per heavy atom.